The van der Waals surface area contributed by atoms with E-state index >= 15 is 0 Å². The van der Waals surface area contributed by atoms with Gasteiger partial charge < -0.3 is 9.80 Å². The van der Waals surface area contributed by atoms with Crippen LogP contribution in [0.15, 0.2) is 6.20 Å². The number of hydrogen-bond donors (Lipinski definition) is 0. The van der Waals surface area contributed by atoms with Gasteiger partial charge in [0.05, 0.1) is 23.5 Å². The van der Waals surface area contributed by atoms with Crippen LogP contribution in [-0.2, 0) is 5.88 Å². The molecule has 0 radical (unpaired) electrons. The van der Waals surface area contributed by atoms with Gasteiger partial charge in [-0.1, -0.05) is 13.8 Å². The maximum Gasteiger partial charge on any atom is 0.131 e. The van der Waals surface area contributed by atoms with Crippen molar-refractivity contribution in [1.82, 2.24) is 14.9 Å². The van der Waals surface area contributed by atoms with Crippen molar-refractivity contribution < 1.29 is 0 Å². The minimum Gasteiger partial charge on any atom is -0.367 e. The Hall–Kier alpha value is -0.870. The van der Waals surface area contributed by atoms with E-state index in [1.807, 2.05) is 6.20 Å². The van der Waals surface area contributed by atoms with Crippen LogP contribution < -0.4 is 4.90 Å². The monoisotopic (exact) mass is 282 g/mol. The zero-order valence-corrected chi connectivity index (χ0v) is 13.0. The number of likely N-dealkylation sites (N-methyl/N-ethyl adjacent to an activating group) is 1. The van der Waals surface area contributed by atoms with E-state index < -0.39 is 0 Å². The van der Waals surface area contributed by atoms with E-state index in [1.165, 1.54) is 6.42 Å². The highest BCUT2D eigenvalue weighted by atomic mass is 35.5. The number of aromatic nitrogens is 2. The maximum atomic E-state index is 6.06. The van der Waals surface area contributed by atoms with Crippen molar-refractivity contribution in [2.24, 2.45) is 0 Å². The Kier molecular flexibility index (Phi) is 4.63. The van der Waals surface area contributed by atoms with Crippen LogP contribution in [0.5, 0.6) is 0 Å². The van der Waals surface area contributed by atoms with E-state index in [-0.39, 0.29) is 0 Å². The quantitative estimate of drug-likeness (QED) is 0.794. The van der Waals surface area contributed by atoms with Gasteiger partial charge in [-0.3, -0.25) is 0 Å². The molecule has 0 bridgehead atoms. The van der Waals surface area contributed by atoms with Crippen molar-refractivity contribution in [2.45, 2.75) is 38.1 Å². The molecule has 2 rings (SSSR count). The largest absolute Gasteiger partial charge is 0.367 e. The first-order valence-corrected chi connectivity index (χ1v) is 7.39. The van der Waals surface area contributed by atoms with Crippen LogP contribution in [-0.4, -0.2) is 48.1 Å². The summed E-state index contributed by atoms with van der Waals surface area (Å²) in [6, 6.07) is 0.605. The maximum absolute atomic E-state index is 6.06. The smallest absolute Gasteiger partial charge is 0.131 e. The van der Waals surface area contributed by atoms with Crippen molar-refractivity contribution in [1.29, 1.82) is 0 Å². The third kappa shape index (κ3) is 3.18. The Morgan fingerprint density at radius 3 is 2.74 bits per heavy atom. The Balaban J connectivity index is 2.21. The minimum absolute atomic E-state index is 0.337. The Labute approximate surface area is 120 Å². The van der Waals surface area contributed by atoms with Gasteiger partial charge >= 0.3 is 0 Å². The number of anilines is 1. The van der Waals surface area contributed by atoms with Crippen LogP contribution >= 0.6 is 11.6 Å². The average molecular weight is 283 g/mol. The first kappa shape index (κ1) is 14.5. The van der Waals surface area contributed by atoms with Gasteiger partial charge in [0.15, 0.2) is 0 Å². The Morgan fingerprint density at radius 2 is 2.21 bits per heavy atom. The van der Waals surface area contributed by atoms with Gasteiger partial charge in [0.2, 0.25) is 0 Å². The molecule has 4 nitrogen and oxygen atoms in total. The lowest BCUT2D eigenvalue weighted by Crippen LogP contribution is -2.32. The fraction of sp³-hybridized carbons (Fsp3) is 0.714. The molecule has 1 aliphatic heterocycles. The van der Waals surface area contributed by atoms with Crippen LogP contribution in [0.1, 0.15) is 37.7 Å². The molecule has 2 heterocycles. The Bertz CT molecular complexity index is 433. The minimum atomic E-state index is 0.337. The molecule has 1 aromatic rings. The molecule has 0 amide bonds. The summed E-state index contributed by atoms with van der Waals surface area (Å²) in [7, 11) is 4.27. The number of hydrogen-bond acceptors (Lipinski definition) is 4. The molecule has 1 saturated heterocycles. The molecule has 0 aliphatic carbocycles. The fourth-order valence-electron chi connectivity index (χ4n) is 2.45. The van der Waals surface area contributed by atoms with Gasteiger partial charge in [-0.05, 0) is 20.5 Å². The van der Waals surface area contributed by atoms with Gasteiger partial charge in [-0.25, -0.2) is 9.97 Å². The molecule has 1 fully saturated rings. The van der Waals surface area contributed by atoms with Crippen molar-refractivity contribution >= 4 is 17.3 Å². The van der Waals surface area contributed by atoms with E-state index in [0.29, 0.717) is 17.8 Å². The molecular formula is C14H23ClN4. The fourth-order valence-corrected chi connectivity index (χ4v) is 2.65. The van der Waals surface area contributed by atoms with Crippen LogP contribution in [0, 0.1) is 0 Å². The molecular weight excluding hydrogens is 260 g/mol. The number of halogens is 1. The van der Waals surface area contributed by atoms with E-state index in [4.69, 9.17) is 11.6 Å². The molecule has 0 saturated carbocycles. The van der Waals surface area contributed by atoms with Crippen LogP contribution in [0.2, 0.25) is 0 Å². The summed E-state index contributed by atoms with van der Waals surface area (Å²) < 4.78 is 0. The first-order valence-electron chi connectivity index (χ1n) is 6.86. The van der Waals surface area contributed by atoms with Gasteiger partial charge in [0.25, 0.3) is 0 Å². The second-order valence-electron chi connectivity index (χ2n) is 5.70. The van der Waals surface area contributed by atoms with Gasteiger partial charge in [0.1, 0.15) is 5.82 Å². The predicted octanol–water partition coefficient (Wildman–Crippen LogP) is 2.48. The lowest BCUT2D eigenvalue weighted by atomic mass is 10.2. The number of alkyl halides is 1. The van der Waals surface area contributed by atoms with Gasteiger partial charge in [-0.2, -0.15) is 0 Å². The second-order valence-corrected chi connectivity index (χ2v) is 5.97. The van der Waals surface area contributed by atoms with Crippen molar-refractivity contribution in [3.05, 3.63) is 17.7 Å². The van der Waals surface area contributed by atoms with E-state index in [2.05, 4.69) is 47.7 Å². The third-order valence-electron chi connectivity index (χ3n) is 3.74. The Morgan fingerprint density at radius 1 is 1.47 bits per heavy atom. The number of rotatable bonds is 4. The summed E-state index contributed by atoms with van der Waals surface area (Å²) in [5.41, 5.74) is 2.06. The summed E-state index contributed by atoms with van der Waals surface area (Å²) in [6.07, 6.45) is 3.12. The number of nitrogens with zero attached hydrogens (tertiary/aromatic N) is 4. The van der Waals surface area contributed by atoms with Crippen LogP contribution in [0.25, 0.3) is 0 Å². The zero-order chi connectivity index (χ0) is 14.0. The van der Waals surface area contributed by atoms with E-state index in [0.717, 1.165) is 30.3 Å². The third-order valence-corrected chi connectivity index (χ3v) is 3.99. The molecule has 1 atom stereocenters. The summed E-state index contributed by atoms with van der Waals surface area (Å²) >= 11 is 6.06. The van der Waals surface area contributed by atoms with Crippen molar-refractivity contribution in [2.75, 3.05) is 32.1 Å². The molecule has 1 unspecified atom stereocenters. The highest BCUT2D eigenvalue weighted by molar-refractivity contribution is 6.17. The van der Waals surface area contributed by atoms with Crippen LogP contribution in [0.3, 0.4) is 0 Å². The molecule has 1 aromatic heterocycles. The lowest BCUT2D eigenvalue weighted by molar-refractivity contribution is 0.315. The predicted molar refractivity (Wildman–Crippen MR) is 80.0 cm³/mol. The topological polar surface area (TPSA) is 32.3 Å². The first-order chi connectivity index (χ1) is 9.02. The molecule has 5 heteroatoms. The van der Waals surface area contributed by atoms with E-state index in [1.54, 1.807) is 0 Å². The highest BCUT2D eigenvalue weighted by Gasteiger charge is 2.26. The second kappa shape index (κ2) is 6.06. The van der Waals surface area contributed by atoms with Crippen LogP contribution in [0.4, 0.5) is 5.69 Å². The van der Waals surface area contributed by atoms with E-state index in [9.17, 15) is 0 Å². The zero-order valence-electron chi connectivity index (χ0n) is 12.2. The van der Waals surface area contributed by atoms with Gasteiger partial charge in [0, 0.05) is 25.0 Å². The average Bonchev–Trinajstić information content (AvgIpc) is 2.87. The molecule has 0 aromatic carbocycles. The highest BCUT2D eigenvalue weighted by Crippen LogP contribution is 2.26. The van der Waals surface area contributed by atoms with Gasteiger partial charge in [-0.15, -0.1) is 11.6 Å². The summed E-state index contributed by atoms with van der Waals surface area (Å²) in [4.78, 5) is 13.7. The normalized spacial score (nSPS) is 19.7. The van der Waals surface area contributed by atoms with Crippen molar-refractivity contribution in [3.8, 4) is 0 Å². The summed E-state index contributed by atoms with van der Waals surface area (Å²) in [5.74, 6) is 1.66. The molecule has 19 heavy (non-hydrogen) atoms. The SMILES string of the molecule is CC(C)c1ncc(N2CCC(N(C)C)C2)c(CCl)n1. The lowest BCUT2D eigenvalue weighted by Gasteiger charge is -2.23. The molecule has 1 aliphatic rings. The molecule has 106 valence electrons. The standard InChI is InChI=1S/C14H23ClN4/c1-10(2)14-16-8-13(12(7-15)17-14)19-6-5-11(9-19)18(3)4/h8,10-11H,5-7,9H2,1-4H3. The summed E-state index contributed by atoms with van der Waals surface area (Å²) in [5, 5.41) is 0. The summed E-state index contributed by atoms with van der Waals surface area (Å²) in [6.45, 7) is 6.29. The molecule has 0 spiro atoms. The molecule has 0 N–H and O–H groups in total. The van der Waals surface area contributed by atoms with Crippen molar-refractivity contribution in [3.63, 3.8) is 0 Å².